The van der Waals surface area contributed by atoms with Crippen LogP contribution in [0.1, 0.15) is 59.8 Å². The van der Waals surface area contributed by atoms with Crippen LogP contribution in [0.15, 0.2) is 0 Å². The van der Waals surface area contributed by atoms with Gasteiger partial charge in [-0.1, -0.05) is 47.0 Å². The summed E-state index contributed by atoms with van der Waals surface area (Å²) >= 11 is 0. The number of hydrogen-bond donors (Lipinski definition) is 1. The summed E-state index contributed by atoms with van der Waals surface area (Å²) in [7, 11) is 0. The van der Waals surface area contributed by atoms with Crippen LogP contribution in [-0.4, -0.2) is 25.8 Å². The van der Waals surface area contributed by atoms with Crippen molar-refractivity contribution in [2.45, 2.75) is 65.8 Å². The molecule has 1 saturated carbocycles. The van der Waals surface area contributed by atoms with E-state index in [1.165, 1.54) is 32.1 Å². The summed E-state index contributed by atoms with van der Waals surface area (Å²) < 4.78 is 5.95. The Kier molecular flexibility index (Phi) is 6.50. The van der Waals surface area contributed by atoms with E-state index in [1.807, 2.05) is 0 Å². The van der Waals surface area contributed by atoms with Gasteiger partial charge in [-0.2, -0.15) is 0 Å². The standard InChI is InChI=1S/C15H31NO/c1-5-16-14(15(2,3)4)12-17-11-13-9-7-6-8-10-13/h13-14,16H,5-12H2,1-4H3. The molecular weight excluding hydrogens is 210 g/mol. The van der Waals surface area contributed by atoms with Gasteiger partial charge in [0.15, 0.2) is 0 Å². The lowest BCUT2D eigenvalue weighted by molar-refractivity contribution is 0.0456. The first kappa shape index (κ1) is 15.0. The fourth-order valence-electron chi connectivity index (χ4n) is 2.57. The molecule has 17 heavy (non-hydrogen) atoms. The van der Waals surface area contributed by atoms with Crippen molar-refractivity contribution >= 4 is 0 Å². The van der Waals surface area contributed by atoms with E-state index in [0.717, 1.165) is 25.7 Å². The maximum Gasteiger partial charge on any atom is 0.0624 e. The minimum atomic E-state index is 0.280. The maximum atomic E-state index is 5.95. The molecule has 0 radical (unpaired) electrons. The minimum Gasteiger partial charge on any atom is -0.380 e. The number of ether oxygens (including phenoxy) is 1. The second-order valence-electron chi connectivity index (χ2n) is 6.52. The Balaban J connectivity index is 2.21. The van der Waals surface area contributed by atoms with Gasteiger partial charge in [-0.05, 0) is 30.7 Å². The van der Waals surface area contributed by atoms with Crippen molar-refractivity contribution in [3.8, 4) is 0 Å². The van der Waals surface area contributed by atoms with Crippen molar-refractivity contribution in [1.29, 1.82) is 0 Å². The average molecular weight is 241 g/mol. The Morgan fingerprint density at radius 3 is 2.35 bits per heavy atom. The van der Waals surface area contributed by atoms with E-state index in [-0.39, 0.29) is 5.41 Å². The maximum absolute atomic E-state index is 5.95. The highest BCUT2D eigenvalue weighted by atomic mass is 16.5. The molecule has 1 atom stereocenters. The van der Waals surface area contributed by atoms with Gasteiger partial charge in [0, 0.05) is 12.6 Å². The van der Waals surface area contributed by atoms with Crippen molar-refractivity contribution in [3.63, 3.8) is 0 Å². The highest BCUT2D eigenvalue weighted by molar-refractivity contribution is 4.80. The third-order valence-corrected chi connectivity index (χ3v) is 3.86. The summed E-state index contributed by atoms with van der Waals surface area (Å²) in [6.45, 7) is 11.9. The first-order chi connectivity index (χ1) is 8.04. The van der Waals surface area contributed by atoms with Crippen molar-refractivity contribution in [2.75, 3.05) is 19.8 Å². The van der Waals surface area contributed by atoms with Crippen LogP contribution in [0.25, 0.3) is 0 Å². The highest BCUT2D eigenvalue weighted by Gasteiger charge is 2.24. The number of rotatable bonds is 6. The lowest BCUT2D eigenvalue weighted by Crippen LogP contribution is -2.44. The second-order valence-corrected chi connectivity index (χ2v) is 6.52. The molecule has 0 bridgehead atoms. The van der Waals surface area contributed by atoms with Gasteiger partial charge in [0.2, 0.25) is 0 Å². The van der Waals surface area contributed by atoms with Crippen molar-refractivity contribution in [2.24, 2.45) is 11.3 Å². The van der Waals surface area contributed by atoms with E-state index in [9.17, 15) is 0 Å². The van der Waals surface area contributed by atoms with E-state index in [4.69, 9.17) is 4.74 Å². The van der Waals surface area contributed by atoms with Crippen LogP contribution >= 0.6 is 0 Å². The molecule has 0 heterocycles. The molecule has 1 N–H and O–H groups in total. The van der Waals surface area contributed by atoms with Gasteiger partial charge in [-0.15, -0.1) is 0 Å². The van der Waals surface area contributed by atoms with E-state index in [0.29, 0.717) is 6.04 Å². The van der Waals surface area contributed by atoms with Crippen molar-refractivity contribution in [1.82, 2.24) is 5.32 Å². The van der Waals surface area contributed by atoms with Gasteiger partial charge in [0.1, 0.15) is 0 Å². The van der Waals surface area contributed by atoms with Crippen LogP contribution in [-0.2, 0) is 4.74 Å². The molecule has 1 rings (SSSR count). The zero-order chi connectivity index (χ0) is 12.7. The zero-order valence-electron chi connectivity index (χ0n) is 12.2. The SMILES string of the molecule is CCNC(COCC1CCCCC1)C(C)(C)C. The van der Waals surface area contributed by atoms with Gasteiger partial charge in [0.05, 0.1) is 6.61 Å². The summed E-state index contributed by atoms with van der Waals surface area (Å²) in [4.78, 5) is 0. The number of nitrogens with one attached hydrogen (secondary N) is 1. The summed E-state index contributed by atoms with van der Waals surface area (Å²) in [6, 6.07) is 0.469. The van der Waals surface area contributed by atoms with Gasteiger partial charge >= 0.3 is 0 Å². The van der Waals surface area contributed by atoms with Gasteiger partial charge in [-0.3, -0.25) is 0 Å². The predicted octanol–water partition coefficient (Wildman–Crippen LogP) is 3.61. The summed E-state index contributed by atoms with van der Waals surface area (Å²) in [5.74, 6) is 0.825. The molecule has 2 heteroatoms. The quantitative estimate of drug-likeness (QED) is 0.767. The Hall–Kier alpha value is -0.0800. The second kappa shape index (κ2) is 7.38. The largest absolute Gasteiger partial charge is 0.380 e. The lowest BCUT2D eigenvalue weighted by atomic mass is 9.87. The first-order valence-electron chi connectivity index (χ1n) is 7.35. The zero-order valence-corrected chi connectivity index (χ0v) is 12.2. The normalized spacial score (nSPS) is 20.5. The van der Waals surface area contributed by atoms with Crippen LogP contribution in [0.5, 0.6) is 0 Å². The van der Waals surface area contributed by atoms with Crippen LogP contribution in [0, 0.1) is 11.3 Å². The Morgan fingerprint density at radius 1 is 1.18 bits per heavy atom. The molecule has 1 aliphatic rings. The molecular formula is C15H31NO. The topological polar surface area (TPSA) is 21.3 Å². The molecule has 0 spiro atoms. The molecule has 102 valence electrons. The molecule has 0 amide bonds. The molecule has 0 aromatic rings. The lowest BCUT2D eigenvalue weighted by Gasteiger charge is -2.32. The monoisotopic (exact) mass is 241 g/mol. The fourth-order valence-corrected chi connectivity index (χ4v) is 2.57. The average Bonchev–Trinajstić information content (AvgIpc) is 2.28. The Bertz CT molecular complexity index is 192. The van der Waals surface area contributed by atoms with Crippen LogP contribution < -0.4 is 5.32 Å². The molecule has 0 aromatic carbocycles. The fraction of sp³-hybridized carbons (Fsp3) is 1.00. The van der Waals surface area contributed by atoms with Crippen LogP contribution in [0.3, 0.4) is 0 Å². The predicted molar refractivity (Wildman–Crippen MR) is 74.3 cm³/mol. The van der Waals surface area contributed by atoms with Crippen molar-refractivity contribution < 1.29 is 4.74 Å². The van der Waals surface area contributed by atoms with Crippen LogP contribution in [0.4, 0.5) is 0 Å². The minimum absolute atomic E-state index is 0.280. The molecule has 2 nitrogen and oxygen atoms in total. The first-order valence-corrected chi connectivity index (χ1v) is 7.35. The summed E-state index contributed by atoms with van der Waals surface area (Å²) in [5.41, 5.74) is 0.280. The molecule has 1 fully saturated rings. The molecule has 1 unspecified atom stereocenters. The van der Waals surface area contributed by atoms with E-state index < -0.39 is 0 Å². The third kappa shape index (κ3) is 5.87. The van der Waals surface area contributed by atoms with E-state index in [1.54, 1.807) is 0 Å². The number of likely N-dealkylation sites (N-methyl/N-ethyl adjacent to an activating group) is 1. The van der Waals surface area contributed by atoms with Gasteiger partial charge < -0.3 is 10.1 Å². The Morgan fingerprint density at radius 2 is 1.82 bits per heavy atom. The van der Waals surface area contributed by atoms with Gasteiger partial charge in [0.25, 0.3) is 0 Å². The van der Waals surface area contributed by atoms with E-state index >= 15 is 0 Å². The van der Waals surface area contributed by atoms with Crippen molar-refractivity contribution in [3.05, 3.63) is 0 Å². The van der Waals surface area contributed by atoms with E-state index in [2.05, 4.69) is 33.0 Å². The molecule has 0 aliphatic heterocycles. The number of hydrogen-bond acceptors (Lipinski definition) is 2. The molecule has 0 saturated heterocycles. The van der Waals surface area contributed by atoms with Gasteiger partial charge in [-0.25, -0.2) is 0 Å². The highest BCUT2D eigenvalue weighted by Crippen LogP contribution is 2.24. The summed E-state index contributed by atoms with van der Waals surface area (Å²) in [5, 5.41) is 3.54. The molecule has 0 aromatic heterocycles. The summed E-state index contributed by atoms with van der Waals surface area (Å²) in [6.07, 6.45) is 7.00. The smallest absolute Gasteiger partial charge is 0.0624 e. The Labute approximate surface area is 108 Å². The molecule has 1 aliphatic carbocycles. The third-order valence-electron chi connectivity index (χ3n) is 3.86. The van der Waals surface area contributed by atoms with Crippen LogP contribution in [0.2, 0.25) is 0 Å².